The molecule has 1 amide bonds. The summed E-state index contributed by atoms with van der Waals surface area (Å²) in [5.41, 5.74) is 0.175. The number of halogens is 2. The molecule has 0 unspecified atom stereocenters. The van der Waals surface area contributed by atoms with Gasteiger partial charge in [0.2, 0.25) is 0 Å². The first-order chi connectivity index (χ1) is 13.0. The van der Waals surface area contributed by atoms with Gasteiger partial charge in [-0.25, -0.2) is 18.6 Å². The molecule has 0 radical (unpaired) electrons. The van der Waals surface area contributed by atoms with E-state index in [4.69, 9.17) is 4.42 Å². The number of amides is 1. The minimum absolute atomic E-state index is 0.172. The van der Waals surface area contributed by atoms with Crippen LogP contribution in [0.1, 0.15) is 10.4 Å². The highest BCUT2D eigenvalue weighted by atomic mass is 32.1. The third-order valence-electron chi connectivity index (χ3n) is 3.82. The minimum Gasteiger partial charge on any atom is -0.422 e. The fourth-order valence-corrected chi connectivity index (χ4v) is 3.24. The molecule has 27 heavy (non-hydrogen) atoms. The van der Waals surface area contributed by atoms with Crippen molar-refractivity contribution in [2.45, 2.75) is 0 Å². The molecule has 0 aliphatic heterocycles. The zero-order valence-electron chi connectivity index (χ0n) is 13.5. The molecule has 4 aromatic rings. The van der Waals surface area contributed by atoms with Gasteiger partial charge in [-0.3, -0.25) is 10.1 Å². The number of rotatable bonds is 3. The van der Waals surface area contributed by atoms with E-state index in [1.807, 2.05) is 6.07 Å². The largest absolute Gasteiger partial charge is 0.422 e. The van der Waals surface area contributed by atoms with Gasteiger partial charge in [-0.2, -0.15) is 0 Å². The van der Waals surface area contributed by atoms with Crippen molar-refractivity contribution in [2.24, 2.45) is 0 Å². The maximum absolute atomic E-state index is 13.7. The predicted octanol–water partition coefficient (Wildman–Crippen LogP) is 4.45. The maximum Gasteiger partial charge on any atom is 0.345 e. The summed E-state index contributed by atoms with van der Waals surface area (Å²) in [7, 11) is 0. The van der Waals surface area contributed by atoms with E-state index in [2.05, 4.69) is 10.3 Å². The Labute approximate surface area is 154 Å². The van der Waals surface area contributed by atoms with Crippen molar-refractivity contribution in [3.63, 3.8) is 0 Å². The van der Waals surface area contributed by atoms with Gasteiger partial charge in [0.25, 0.3) is 5.91 Å². The van der Waals surface area contributed by atoms with E-state index in [-0.39, 0.29) is 16.3 Å². The molecule has 8 heteroatoms. The van der Waals surface area contributed by atoms with E-state index in [1.54, 1.807) is 29.6 Å². The number of para-hydroxylation sites is 1. The Hall–Kier alpha value is -3.39. The van der Waals surface area contributed by atoms with E-state index in [9.17, 15) is 18.4 Å². The van der Waals surface area contributed by atoms with Gasteiger partial charge in [0.15, 0.2) is 5.13 Å². The highest BCUT2D eigenvalue weighted by Gasteiger charge is 2.16. The third kappa shape index (κ3) is 3.34. The van der Waals surface area contributed by atoms with Crippen molar-refractivity contribution in [1.82, 2.24) is 4.98 Å². The summed E-state index contributed by atoms with van der Waals surface area (Å²) >= 11 is 1.07. The summed E-state index contributed by atoms with van der Waals surface area (Å²) < 4.78 is 31.9. The number of nitrogens with one attached hydrogen (secondary N) is 1. The van der Waals surface area contributed by atoms with Crippen LogP contribution in [0.2, 0.25) is 0 Å². The van der Waals surface area contributed by atoms with Crippen molar-refractivity contribution in [3.05, 3.63) is 81.5 Å². The van der Waals surface area contributed by atoms with Crippen molar-refractivity contribution >= 4 is 33.3 Å². The van der Waals surface area contributed by atoms with Gasteiger partial charge in [-0.05, 0) is 24.3 Å². The molecule has 0 bridgehead atoms. The van der Waals surface area contributed by atoms with Crippen LogP contribution in [0.5, 0.6) is 0 Å². The van der Waals surface area contributed by atoms with Crippen LogP contribution < -0.4 is 10.9 Å². The van der Waals surface area contributed by atoms with Crippen LogP contribution in [0.4, 0.5) is 13.9 Å². The van der Waals surface area contributed by atoms with Crippen LogP contribution in [-0.2, 0) is 0 Å². The molecule has 4 rings (SSSR count). The maximum atomic E-state index is 13.7. The molecule has 0 fully saturated rings. The zero-order chi connectivity index (χ0) is 19.0. The van der Waals surface area contributed by atoms with Gasteiger partial charge in [-0.15, -0.1) is 11.3 Å². The molecule has 1 N–H and O–H groups in total. The summed E-state index contributed by atoms with van der Waals surface area (Å²) in [6.07, 6.45) is 0. The first-order valence-corrected chi connectivity index (χ1v) is 8.64. The average molecular weight is 384 g/mol. The van der Waals surface area contributed by atoms with Gasteiger partial charge in [0, 0.05) is 16.8 Å². The van der Waals surface area contributed by atoms with Gasteiger partial charge in [-0.1, -0.05) is 18.2 Å². The fraction of sp³-hybridized carbons (Fsp3) is 0. The molecule has 0 aliphatic carbocycles. The second-order valence-corrected chi connectivity index (χ2v) is 6.46. The molecular formula is C19H10F2N2O3S. The molecule has 2 aromatic heterocycles. The monoisotopic (exact) mass is 384 g/mol. The van der Waals surface area contributed by atoms with Crippen molar-refractivity contribution in [2.75, 3.05) is 5.32 Å². The molecule has 0 saturated carbocycles. The number of anilines is 1. The number of thiazole rings is 1. The SMILES string of the molecule is O=C(Nc1nc(-c2cc3ccccc3oc2=O)cs1)c1ccc(F)cc1F. The lowest BCUT2D eigenvalue weighted by molar-refractivity contribution is 0.102. The van der Waals surface area contributed by atoms with Gasteiger partial charge >= 0.3 is 5.63 Å². The second-order valence-electron chi connectivity index (χ2n) is 5.60. The summed E-state index contributed by atoms with van der Waals surface area (Å²) in [6, 6.07) is 11.4. The van der Waals surface area contributed by atoms with E-state index < -0.39 is 23.2 Å². The fourth-order valence-electron chi connectivity index (χ4n) is 2.53. The van der Waals surface area contributed by atoms with E-state index >= 15 is 0 Å². The van der Waals surface area contributed by atoms with Crippen LogP contribution in [0.3, 0.4) is 0 Å². The summed E-state index contributed by atoms with van der Waals surface area (Å²) in [6.45, 7) is 0. The molecule has 0 atom stereocenters. The molecule has 5 nitrogen and oxygen atoms in total. The van der Waals surface area contributed by atoms with Gasteiger partial charge in [0.1, 0.15) is 17.2 Å². The molecule has 0 aliphatic rings. The van der Waals surface area contributed by atoms with Crippen LogP contribution >= 0.6 is 11.3 Å². The number of fused-ring (bicyclic) bond motifs is 1. The number of hydrogen-bond donors (Lipinski definition) is 1. The predicted molar refractivity (Wildman–Crippen MR) is 97.9 cm³/mol. The van der Waals surface area contributed by atoms with Crippen LogP contribution in [-0.4, -0.2) is 10.9 Å². The Balaban J connectivity index is 1.63. The van der Waals surface area contributed by atoms with Crippen LogP contribution in [0, 0.1) is 11.6 Å². The standard InChI is InChI=1S/C19H10F2N2O3S/c20-11-5-6-12(14(21)8-11)17(24)23-19-22-15(9-27-19)13-7-10-3-1-2-4-16(10)26-18(13)25/h1-9H,(H,22,23,24). The molecule has 0 spiro atoms. The first-order valence-electron chi connectivity index (χ1n) is 7.76. The Morgan fingerprint density at radius 2 is 1.93 bits per heavy atom. The quantitative estimate of drug-likeness (QED) is 0.530. The number of carbonyl (C=O) groups excluding carboxylic acids is 1. The highest BCUT2D eigenvalue weighted by molar-refractivity contribution is 7.14. The smallest absolute Gasteiger partial charge is 0.345 e. The summed E-state index contributed by atoms with van der Waals surface area (Å²) in [5, 5.41) is 4.93. The summed E-state index contributed by atoms with van der Waals surface area (Å²) in [5.74, 6) is -2.51. The Kier molecular flexibility index (Phi) is 4.25. The third-order valence-corrected chi connectivity index (χ3v) is 4.58. The lowest BCUT2D eigenvalue weighted by Gasteiger charge is -2.03. The van der Waals surface area contributed by atoms with Gasteiger partial charge < -0.3 is 4.42 Å². The first kappa shape index (κ1) is 17.0. The normalized spacial score (nSPS) is 10.9. The van der Waals surface area contributed by atoms with E-state index in [0.29, 0.717) is 17.3 Å². The van der Waals surface area contributed by atoms with Crippen LogP contribution in [0.15, 0.2) is 63.1 Å². The van der Waals surface area contributed by atoms with E-state index in [0.717, 1.165) is 28.9 Å². The summed E-state index contributed by atoms with van der Waals surface area (Å²) in [4.78, 5) is 28.5. The molecular weight excluding hydrogens is 374 g/mol. The number of nitrogens with zero attached hydrogens (tertiary/aromatic N) is 1. The molecule has 2 heterocycles. The highest BCUT2D eigenvalue weighted by Crippen LogP contribution is 2.25. The lowest BCUT2D eigenvalue weighted by Crippen LogP contribution is -2.13. The second kappa shape index (κ2) is 6.73. The molecule has 0 saturated heterocycles. The zero-order valence-corrected chi connectivity index (χ0v) is 14.3. The van der Waals surface area contributed by atoms with Crippen LogP contribution in [0.25, 0.3) is 22.2 Å². The topological polar surface area (TPSA) is 72.2 Å². The van der Waals surface area contributed by atoms with Crippen molar-refractivity contribution in [1.29, 1.82) is 0 Å². The number of aromatic nitrogens is 1. The van der Waals surface area contributed by atoms with Crippen molar-refractivity contribution in [3.8, 4) is 11.3 Å². The molecule has 2 aromatic carbocycles. The average Bonchev–Trinajstić information content (AvgIpc) is 3.09. The number of benzene rings is 2. The molecule has 134 valence electrons. The van der Waals surface area contributed by atoms with Crippen molar-refractivity contribution < 1.29 is 18.0 Å². The Morgan fingerprint density at radius 3 is 2.74 bits per heavy atom. The minimum atomic E-state index is -0.973. The number of hydrogen-bond acceptors (Lipinski definition) is 5. The Morgan fingerprint density at radius 1 is 1.11 bits per heavy atom. The number of carbonyl (C=O) groups is 1. The van der Waals surface area contributed by atoms with Gasteiger partial charge in [0.05, 0.1) is 16.8 Å². The van der Waals surface area contributed by atoms with E-state index in [1.165, 1.54) is 0 Å². The lowest BCUT2D eigenvalue weighted by atomic mass is 10.1. The Bertz CT molecular complexity index is 1230.